The summed E-state index contributed by atoms with van der Waals surface area (Å²) >= 11 is 16.5. The highest BCUT2D eigenvalue weighted by molar-refractivity contribution is 9.10. The molecule has 9 nitrogen and oxygen atoms in total. The molecule has 4 aromatic rings. The molecule has 4 rings (SSSR count). The predicted molar refractivity (Wildman–Crippen MR) is 156 cm³/mol. The minimum Gasteiger partial charge on any atom is -0.497 e. The fourth-order valence-electron chi connectivity index (χ4n) is 3.40. The number of carbonyl (C=O) groups is 1. The molecule has 1 heterocycles. The molecule has 0 aliphatic carbocycles. The number of halogens is 3. The molecule has 1 aromatic heterocycles. The van der Waals surface area contributed by atoms with E-state index in [9.17, 15) is 9.90 Å². The molecule has 1 N–H and O–H groups in total. The van der Waals surface area contributed by atoms with Crippen LogP contribution < -0.4 is 18.9 Å². The smallest absolute Gasteiger partial charge is 0.342 e. The van der Waals surface area contributed by atoms with Gasteiger partial charge in [-0.15, -0.1) is 10.2 Å². The first-order chi connectivity index (χ1) is 19.2. The number of aromatic nitrogens is 2. The molecule has 0 aliphatic rings. The van der Waals surface area contributed by atoms with Gasteiger partial charge in [0.2, 0.25) is 5.89 Å². The number of aliphatic carboxylic acids is 1. The Morgan fingerprint density at radius 3 is 2.35 bits per heavy atom. The van der Waals surface area contributed by atoms with Crippen LogP contribution in [0.1, 0.15) is 11.1 Å². The van der Waals surface area contributed by atoms with E-state index in [1.165, 1.54) is 27.4 Å². The summed E-state index contributed by atoms with van der Waals surface area (Å²) in [5.41, 5.74) is 1.82. The third-order valence-corrected chi connectivity index (χ3v) is 7.51. The summed E-state index contributed by atoms with van der Waals surface area (Å²) in [6.07, 6.45) is 1.46. The van der Waals surface area contributed by atoms with E-state index in [0.29, 0.717) is 48.6 Å². The lowest BCUT2D eigenvalue weighted by molar-refractivity contribution is -0.131. The summed E-state index contributed by atoms with van der Waals surface area (Å²) in [5, 5.41) is 18.9. The highest BCUT2D eigenvalue weighted by atomic mass is 79.9. The zero-order valence-corrected chi connectivity index (χ0v) is 25.2. The van der Waals surface area contributed by atoms with Crippen LogP contribution in [0.2, 0.25) is 10.0 Å². The molecule has 208 valence electrons. The first kappa shape index (κ1) is 29.6. The van der Waals surface area contributed by atoms with Gasteiger partial charge >= 0.3 is 5.97 Å². The molecular weight excluding hydrogens is 647 g/mol. The maximum Gasteiger partial charge on any atom is 0.342 e. The van der Waals surface area contributed by atoms with Gasteiger partial charge in [0.05, 0.1) is 21.3 Å². The molecule has 0 aliphatic heterocycles. The van der Waals surface area contributed by atoms with Crippen molar-refractivity contribution in [2.24, 2.45) is 0 Å². The second kappa shape index (κ2) is 13.3. The number of nitrogens with zero attached hydrogens (tertiary/aromatic N) is 2. The Balaban J connectivity index is 1.57. The average Bonchev–Trinajstić information content (AvgIpc) is 3.41. The van der Waals surface area contributed by atoms with Crippen molar-refractivity contribution in [2.75, 3.05) is 21.3 Å². The molecular formula is C27H21BrCl2N2O7S. The molecule has 0 unspecified atom stereocenters. The molecule has 0 radical (unpaired) electrons. The van der Waals surface area contributed by atoms with Gasteiger partial charge in [0.1, 0.15) is 23.0 Å². The van der Waals surface area contributed by atoms with Gasteiger partial charge in [-0.25, -0.2) is 4.79 Å². The normalized spacial score (nSPS) is 11.3. The molecule has 0 spiro atoms. The SMILES string of the molecule is COc1cc(OC)cc(-c2nnc(S/C(=C\c3cc(OC)c(OCc4ccc(Cl)cc4Cl)cc3Br)C(=O)O)o2)c1. The van der Waals surface area contributed by atoms with Gasteiger partial charge in [-0.05, 0) is 59.8 Å². The van der Waals surface area contributed by atoms with E-state index in [-0.39, 0.29) is 22.6 Å². The Kier molecular flexibility index (Phi) is 9.85. The molecule has 0 atom stereocenters. The van der Waals surface area contributed by atoms with Gasteiger partial charge < -0.3 is 28.5 Å². The predicted octanol–water partition coefficient (Wildman–Crippen LogP) is 7.63. The number of benzene rings is 3. The van der Waals surface area contributed by atoms with E-state index < -0.39 is 5.97 Å². The van der Waals surface area contributed by atoms with Crippen LogP contribution in [0.15, 0.2) is 67.5 Å². The summed E-state index contributed by atoms with van der Waals surface area (Å²) in [4.78, 5) is 12.0. The van der Waals surface area contributed by atoms with Gasteiger partial charge in [0, 0.05) is 31.7 Å². The Bertz CT molecular complexity index is 1560. The third kappa shape index (κ3) is 7.22. The van der Waals surface area contributed by atoms with Crippen molar-refractivity contribution in [1.82, 2.24) is 10.2 Å². The van der Waals surface area contributed by atoms with E-state index in [4.69, 9.17) is 46.6 Å². The van der Waals surface area contributed by atoms with Gasteiger partial charge in [-0.3, -0.25) is 0 Å². The Labute approximate surface area is 252 Å². The summed E-state index contributed by atoms with van der Waals surface area (Å²) in [5.74, 6) is 0.885. The van der Waals surface area contributed by atoms with Crippen LogP contribution in [0.3, 0.4) is 0 Å². The Hall–Kier alpha value is -3.38. The first-order valence-corrected chi connectivity index (χ1v) is 13.7. The monoisotopic (exact) mass is 666 g/mol. The molecule has 40 heavy (non-hydrogen) atoms. The number of methoxy groups -OCH3 is 3. The van der Waals surface area contributed by atoms with Crippen molar-refractivity contribution < 1.29 is 33.3 Å². The van der Waals surface area contributed by atoms with Gasteiger partial charge in [0.15, 0.2) is 11.5 Å². The number of thioether (sulfide) groups is 1. The number of rotatable bonds is 11. The maximum absolute atomic E-state index is 12.1. The first-order valence-electron chi connectivity index (χ1n) is 11.3. The van der Waals surface area contributed by atoms with Crippen LogP contribution in [0.5, 0.6) is 23.0 Å². The quantitative estimate of drug-likeness (QED) is 0.126. The number of hydrogen-bond donors (Lipinski definition) is 1. The van der Waals surface area contributed by atoms with E-state index in [1.807, 2.05) is 0 Å². The second-order valence-corrected chi connectivity index (χ2v) is 10.6. The molecule has 13 heteroatoms. The van der Waals surface area contributed by atoms with Crippen LogP contribution >= 0.6 is 50.9 Å². The Morgan fingerprint density at radius 1 is 1.00 bits per heavy atom. The topological polar surface area (TPSA) is 113 Å². The molecule has 0 fully saturated rings. The minimum absolute atomic E-state index is 0.0355. The Morgan fingerprint density at radius 2 is 1.73 bits per heavy atom. The van der Waals surface area contributed by atoms with Crippen LogP contribution in [-0.2, 0) is 11.4 Å². The van der Waals surface area contributed by atoms with Crippen molar-refractivity contribution >= 4 is 62.9 Å². The summed E-state index contributed by atoms with van der Waals surface area (Å²) in [7, 11) is 4.54. The van der Waals surface area contributed by atoms with Gasteiger partial charge in [0.25, 0.3) is 5.22 Å². The molecule has 0 amide bonds. The summed E-state index contributed by atoms with van der Waals surface area (Å²) in [6, 6.07) is 13.6. The lowest BCUT2D eigenvalue weighted by Gasteiger charge is -2.14. The van der Waals surface area contributed by atoms with Crippen molar-refractivity contribution in [3.8, 4) is 34.5 Å². The van der Waals surface area contributed by atoms with Crippen molar-refractivity contribution in [1.29, 1.82) is 0 Å². The van der Waals surface area contributed by atoms with Gasteiger partial charge in [-0.1, -0.05) is 45.2 Å². The van der Waals surface area contributed by atoms with Crippen LogP contribution in [0, 0.1) is 0 Å². The lowest BCUT2D eigenvalue weighted by Crippen LogP contribution is -2.00. The van der Waals surface area contributed by atoms with Crippen molar-refractivity contribution in [3.63, 3.8) is 0 Å². The standard InChI is InChI=1S/C27H21BrCl2N2O7S/c1-35-18-6-16(7-19(11-18)36-2)25-31-32-27(39-25)40-24(26(33)34)9-15-8-22(37-3)23(12-20(15)28)38-13-14-4-5-17(29)10-21(14)30/h4-12H,13H2,1-3H3,(H,33,34)/b24-9-. The molecule has 0 bridgehead atoms. The number of carboxylic acid groups (broad SMARTS) is 1. The fraction of sp³-hybridized carbons (Fsp3) is 0.148. The van der Waals surface area contributed by atoms with E-state index >= 15 is 0 Å². The summed E-state index contributed by atoms with van der Waals surface area (Å²) in [6.45, 7) is 0.170. The highest BCUT2D eigenvalue weighted by Crippen LogP contribution is 2.38. The molecule has 0 saturated carbocycles. The zero-order valence-electron chi connectivity index (χ0n) is 21.2. The summed E-state index contributed by atoms with van der Waals surface area (Å²) < 4.78 is 28.3. The van der Waals surface area contributed by atoms with Crippen LogP contribution in [0.4, 0.5) is 0 Å². The van der Waals surface area contributed by atoms with E-state index in [1.54, 1.807) is 48.5 Å². The number of hydrogen-bond acceptors (Lipinski definition) is 9. The zero-order chi connectivity index (χ0) is 28.8. The number of carboxylic acids is 1. The lowest BCUT2D eigenvalue weighted by atomic mass is 10.2. The van der Waals surface area contributed by atoms with Gasteiger partial charge in [-0.2, -0.15) is 0 Å². The molecule has 3 aromatic carbocycles. The number of ether oxygens (including phenoxy) is 4. The molecule has 0 saturated heterocycles. The minimum atomic E-state index is -1.18. The second-order valence-electron chi connectivity index (χ2n) is 7.94. The van der Waals surface area contributed by atoms with Crippen LogP contribution in [-0.4, -0.2) is 42.6 Å². The van der Waals surface area contributed by atoms with E-state index in [0.717, 1.165) is 17.3 Å². The largest absolute Gasteiger partial charge is 0.497 e. The van der Waals surface area contributed by atoms with Crippen molar-refractivity contribution in [3.05, 3.63) is 79.1 Å². The third-order valence-electron chi connectivity index (χ3n) is 5.38. The van der Waals surface area contributed by atoms with Crippen LogP contribution in [0.25, 0.3) is 17.5 Å². The van der Waals surface area contributed by atoms with E-state index in [2.05, 4.69) is 26.1 Å². The maximum atomic E-state index is 12.1. The fourth-order valence-corrected chi connectivity index (χ4v) is 4.96. The van der Waals surface area contributed by atoms with Crippen molar-refractivity contribution in [2.45, 2.75) is 11.8 Å². The highest BCUT2D eigenvalue weighted by Gasteiger charge is 2.19. The average molecular weight is 668 g/mol.